The molecular weight excluding hydrogens is 204 g/mol. The number of phenols is 1. The Morgan fingerprint density at radius 1 is 1.31 bits per heavy atom. The van der Waals surface area contributed by atoms with Gasteiger partial charge in [-0.05, 0) is 24.5 Å². The van der Waals surface area contributed by atoms with E-state index < -0.39 is 5.97 Å². The minimum Gasteiger partial charge on any atom is -0.508 e. The Kier molecular flexibility index (Phi) is 4.83. The van der Waals surface area contributed by atoms with Crippen LogP contribution in [0, 0.1) is 0 Å². The first kappa shape index (κ1) is 12.6. The fraction of sp³-hybridized carbons (Fsp3) is 0.462. The lowest BCUT2D eigenvalue weighted by Crippen LogP contribution is -2.01. The summed E-state index contributed by atoms with van der Waals surface area (Å²) in [4.78, 5) is 10.6. The highest BCUT2D eigenvalue weighted by molar-refractivity contribution is 5.71. The first-order chi connectivity index (χ1) is 7.63. The Bertz CT molecular complexity index is 358. The van der Waals surface area contributed by atoms with Crippen molar-refractivity contribution in [1.82, 2.24) is 0 Å². The normalized spacial score (nSPS) is 10.3. The topological polar surface area (TPSA) is 57.5 Å². The molecule has 0 spiro atoms. The Balaban J connectivity index is 2.69. The van der Waals surface area contributed by atoms with Crippen molar-refractivity contribution >= 4 is 5.97 Å². The van der Waals surface area contributed by atoms with Gasteiger partial charge in [-0.2, -0.15) is 0 Å². The maximum Gasteiger partial charge on any atom is 0.307 e. The minimum absolute atomic E-state index is 0.0710. The zero-order valence-electron chi connectivity index (χ0n) is 9.57. The number of rotatable bonds is 6. The van der Waals surface area contributed by atoms with Gasteiger partial charge in [-0.15, -0.1) is 0 Å². The van der Waals surface area contributed by atoms with Gasteiger partial charge >= 0.3 is 5.97 Å². The second kappa shape index (κ2) is 6.16. The van der Waals surface area contributed by atoms with E-state index in [1.165, 1.54) is 12.8 Å². The fourth-order valence-electron chi connectivity index (χ4n) is 1.68. The highest BCUT2D eigenvalue weighted by Crippen LogP contribution is 2.20. The summed E-state index contributed by atoms with van der Waals surface area (Å²) in [5.41, 5.74) is 1.60. The van der Waals surface area contributed by atoms with E-state index in [9.17, 15) is 9.90 Å². The van der Waals surface area contributed by atoms with E-state index in [2.05, 4.69) is 6.92 Å². The number of hydrogen-bond acceptors (Lipinski definition) is 2. The molecule has 0 saturated heterocycles. The van der Waals surface area contributed by atoms with Crippen LogP contribution in [-0.2, 0) is 17.6 Å². The van der Waals surface area contributed by atoms with Crippen LogP contribution in [0.1, 0.15) is 37.3 Å². The van der Waals surface area contributed by atoms with Crippen LogP contribution in [0.5, 0.6) is 5.75 Å². The number of phenolic OH excluding ortho intramolecular Hbond substituents is 1. The van der Waals surface area contributed by atoms with Crippen molar-refractivity contribution in [3.05, 3.63) is 29.3 Å². The average Bonchev–Trinajstić information content (AvgIpc) is 2.22. The Morgan fingerprint density at radius 2 is 2.06 bits per heavy atom. The molecule has 0 heterocycles. The zero-order chi connectivity index (χ0) is 12.0. The lowest BCUT2D eigenvalue weighted by atomic mass is 10.0. The quantitative estimate of drug-likeness (QED) is 0.727. The molecule has 0 aromatic heterocycles. The number of aromatic hydroxyl groups is 1. The van der Waals surface area contributed by atoms with Crippen LogP contribution in [0.4, 0.5) is 0 Å². The molecule has 0 aliphatic rings. The highest BCUT2D eigenvalue weighted by Gasteiger charge is 2.07. The van der Waals surface area contributed by atoms with E-state index in [1.54, 1.807) is 12.1 Å². The summed E-state index contributed by atoms with van der Waals surface area (Å²) in [5, 5.41) is 18.2. The van der Waals surface area contributed by atoms with Gasteiger partial charge in [0.2, 0.25) is 0 Å². The van der Waals surface area contributed by atoms with Crippen LogP contribution < -0.4 is 0 Å². The van der Waals surface area contributed by atoms with Crippen LogP contribution in [0.25, 0.3) is 0 Å². The van der Waals surface area contributed by atoms with Gasteiger partial charge in [0.1, 0.15) is 5.75 Å². The number of unbranched alkanes of at least 4 members (excludes halogenated alkanes) is 2. The molecule has 1 aromatic carbocycles. The lowest BCUT2D eigenvalue weighted by Gasteiger charge is -2.05. The van der Waals surface area contributed by atoms with E-state index in [0.717, 1.165) is 18.4 Å². The van der Waals surface area contributed by atoms with Gasteiger partial charge in [0.05, 0.1) is 6.42 Å². The molecule has 0 bridgehead atoms. The summed E-state index contributed by atoms with van der Waals surface area (Å²) in [7, 11) is 0. The van der Waals surface area contributed by atoms with Gasteiger partial charge in [-0.3, -0.25) is 4.79 Å². The largest absolute Gasteiger partial charge is 0.508 e. The molecule has 3 heteroatoms. The number of benzene rings is 1. The number of aryl methyl sites for hydroxylation is 1. The maximum absolute atomic E-state index is 10.6. The third-order valence-electron chi connectivity index (χ3n) is 2.55. The van der Waals surface area contributed by atoms with E-state index in [0.29, 0.717) is 5.56 Å². The molecule has 0 fully saturated rings. The van der Waals surface area contributed by atoms with Crippen LogP contribution in [0.2, 0.25) is 0 Å². The van der Waals surface area contributed by atoms with Crippen molar-refractivity contribution in [3.63, 3.8) is 0 Å². The molecule has 0 radical (unpaired) electrons. The molecule has 3 nitrogen and oxygen atoms in total. The van der Waals surface area contributed by atoms with Gasteiger partial charge in [-0.25, -0.2) is 0 Å². The van der Waals surface area contributed by atoms with Crippen LogP contribution in [0.15, 0.2) is 18.2 Å². The third-order valence-corrected chi connectivity index (χ3v) is 2.55. The number of carboxylic acid groups (broad SMARTS) is 1. The molecule has 0 amide bonds. The van der Waals surface area contributed by atoms with E-state index in [4.69, 9.17) is 5.11 Å². The second-order valence-electron chi connectivity index (χ2n) is 3.99. The van der Waals surface area contributed by atoms with Crippen molar-refractivity contribution in [2.45, 2.75) is 39.0 Å². The van der Waals surface area contributed by atoms with Gasteiger partial charge in [0.25, 0.3) is 0 Å². The first-order valence-electron chi connectivity index (χ1n) is 5.66. The first-order valence-corrected chi connectivity index (χ1v) is 5.66. The van der Waals surface area contributed by atoms with Gasteiger partial charge in [0.15, 0.2) is 0 Å². The highest BCUT2D eigenvalue weighted by atomic mass is 16.4. The second-order valence-corrected chi connectivity index (χ2v) is 3.99. The SMILES string of the molecule is CCCCCc1ccc(O)c(CC(=O)O)c1. The summed E-state index contributed by atoms with van der Waals surface area (Å²) in [6.45, 7) is 2.15. The van der Waals surface area contributed by atoms with E-state index >= 15 is 0 Å². The van der Waals surface area contributed by atoms with Crippen LogP contribution in [0.3, 0.4) is 0 Å². The average molecular weight is 222 g/mol. The fourth-order valence-corrected chi connectivity index (χ4v) is 1.68. The summed E-state index contributed by atoms with van der Waals surface area (Å²) in [6.07, 6.45) is 4.27. The maximum atomic E-state index is 10.6. The summed E-state index contributed by atoms with van der Waals surface area (Å²) < 4.78 is 0. The van der Waals surface area contributed by atoms with Gasteiger partial charge in [0, 0.05) is 5.56 Å². The van der Waals surface area contributed by atoms with Crippen molar-refractivity contribution < 1.29 is 15.0 Å². The van der Waals surface area contributed by atoms with Crippen molar-refractivity contribution in [3.8, 4) is 5.75 Å². The lowest BCUT2D eigenvalue weighted by molar-refractivity contribution is -0.136. The predicted octanol–water partition coefficient (Wildman–Crippen LogP) is 2.75. The van der Waals surface area contributed by atoms with Crippen LogP contribution >= 0.6 is 0 Å². The Hall–Kier alpha value is -1.51. The Labute approximate surface area is 95.7 Å². The molecule has 0 aliphatic carbocycles. The number of carboxylic acids is 1. The Morgan fingerprint density at radius 3 is 2.69 bits per heavy atom. The standard InChI is InChI=1S/C13H18O3/c1-2-3-4-5-10-6-7-12(14)11(8-10)9-13(15)16/h6-8,14H,2-5,9H2,1H3,(H,15,16). The van der Waals surface area contributed by atoms with Crippen LogP contribution in [-0.4, -0.2) is 16.2 Å². The molecule has 0 atom stereocenters. The van der Waals surface area contributed by atoms with Crippen molar-refractivity contribution in [2.75, 3.05) is 0 Å². The van der Waals surface area contributed by atoms with Gasteiger partial charge in [-0.1, -0.05) is 31.9 Å². The number of carbonyl (C=O) groups is 1. The molecule has 88 valence electrons. The molecule has 0 unspecified atom stereocenters. The zero-order valence-corrected chi connectivity index (χ0v) is 9.57. The molecule has 1 aromatic rings. The number of hydrogen-bond donors (Lipinski definition) is 2. The number of aliphatic carboxylic acids is 1. The summed E-state index contributed by atoms with van der Waals surface area (Å²) in [6, 6.07) is 5.23. The molecule has 0 saturated carbocycles. The molecular formula is C13H18O3. The van der Waals surface area contributed by atoms with E-state index in [1.807, 2.05) is 6.07 Å². The minimum atomic E-state index is -0.916. The molecule has 2 N–H and O–H groups in total. The van der Waals surface area contributed by atoms with E-state index in [-0.39, 0.29) is 12.2 Å². The predicted molar refractivity (Wildman–Crippen MR) is 62.7 cm³/mol. The smallest absolute Gasteiger partial charge is 0.307 e. The van der Waals surface area contributed by atoms with Gasteiger partial charge < -0.3 is 10.2 Å². The molecule has 0 aliphatic heterocycles. The monoisotopic (exact) mass is 222 g/mol. The summed E-state index contributed by atoms with van der Waals surface area (Å²) in [5.74, 6) is -0.845. The van der Waals surface area contributed by atoms with Crippen molar-refractivity contribution in [1.29, 1.82) is 0 Å². The molecule has 1 rings (SSSR count). The molecule has 16 heavy (non-hydrogen) atoms. The van der Waals surface area contributed by atoms with Crippen molar-refractivity contribution in [2.24, 2.45) is 0 Å². The summed E-state index contributed by atoms with van der Waals surface area (Å²) >= 11 is 0. The third kappa shape index (κ3) is 3.93.